The van der Waals surface area contributed by atoms with E-state index in [-0.39, 0.29) is 43.0 Å². The molecule has 7 nitrogen and oxygen atoms in total. The van der Waals surface area contributed by atoms with Crippen molar-refractivity contribution >= 4 is 17.9 Å². The van der Waals surface area contributed by atoms with Crippen molar-refractivity contribution in [3.63, 3.8) is 0 Å². The van der Waals surface area contributed by atoms with Gasteiger partial charge in [-0.15, -0.1) is 0 Å². The lowest BCUT2D eigenvalue weighted by Crippen LogP contribution is -2.51. The van der Waals surface area contributed by atoms with Gasteiger partial charge in [0.05, 0.1) is 11.1 Å². The van der Waals surface area contributed by atoms with Gasteiger partial charge in [-0.25, -0.2) is 4.79 Å². The summed E-state index contributed by atoms with van der Waals surface area (Å²) in [6, 6.07) is 8.75. The number of likely N-dealkylation sites (tertiary alicyclic amines) is 2. The van der Waals surface area contributed by atoms with Crippen molar-refractivity contribution in [3.8, 4) is 0 Å². The molecule has 13 heteroatoms. The third-order valence-electron chi connectivity index (χ3n) is 8.77. The van der Waals surface area contributed by atoms with Gasteiger partial charge in [0.2, 0.25) is 11.8 Å². The molecule has 2 aromatic carbocycles. The Hall–Kier alpha value is -3.77. The van der Waals surface area contributed by atoms with Crippen molar-refractivity contribution < 1.29 is 45.5 Å². The smallest absolute Gasteiger partial charge is 0.416 e. The lowest BCUT2D eigenvalue weighted by Gasteiger charge is -2.42. The number of amides is 3. The van der Waals surface area contributed by atoms with Crippen LogP contribution in [0.25, 0.3) is 0 Å². The molecule has 0 unspecified atom stereocenters. The van der Waals surface area contributed by atoms with E-state index in [2.05, 4.69) is 0 Å². The molecule has 2 heterocycles. The van der Waals surface area contributed by atoms with Gasteiger partial charge < -0.3 is 19.4 Å². The number of ether oxygens (including phenoxy) is 1. The van der Waals surface area contributed by atoms with Gasteiger partial charge in [-0.3, -0.25) is 9.59 Å². The van der Waals surface area contributed by atoms with E-state index < -0.39 is 59.5 Å². The Morgan fingerprint density at radius 2 is 1.40 bits per heavy atom. The number of hydrogen-bond donors (Lipinski definition) is 0. The summed E-state index contributed by atoms with van der Waals surface area (Å²) in [5.41, 5.74) is -2.07. The zero-order valence-corrected chi connectivity index (χ0v) is 27.2. The van der Waals surface area contributed by atoms with Gasteiger partial charge in [0.25, 0.3) is 0 Å². The summed E-state index contributed by atoms with van der Waals surface area (Å²) in [6.45, 7) is 8.02. The normalized spacial score (nSPS) is 19.8. The van der Waals surface area contributed by atoms with E-state index in [1.165, 1.54) is 7.05 Å². The topological polar surface area (TPSA) is 70.2 Å². The van der Waals surface area contributed by atoms with Crippen molar-refractivity contribution in [1.29, 1.82) is 0 Å². The number of aryl methyl sites for hydroxylation is 1. The van der Waals surface area contributed by atoms with E-state index in [0.717, 1.165) is 16.0 Å². The average Bonchev–Trinajstić information content (AvgIpc) is 2.98. The molecule has 258 valence electrons. The van der Waals surface area contributed by atoms with Crippen LogP contribution in [0.4, 0.5) is 31.1 Å². The molecule has 3 amide bonds. The Bertz CT molecular complexity index is 1430. The van der Waals surface area contributed by atoms with Crippen LogP contribution >= 0.6 is 0 Å². The van der Waals surface area contributed by atoms with Crippen LogP contribution in [0.1, 0.15) is 73.8 Å². The molecule has 2 atom stereocenters. The van der Waals surface area contributed by atoms with Crippen LogP contribution < -0.4 is 0 Å². The highest BCUT2D eigenvalue weighted by molar-refractivity contribution is 5.82. The van der Waals surface area contributed by atoms with Gasteiger partial charge in [-0.1, -0.05) is 24.3 Å². The molecule has 0 aromatic heterocycles. The minimum Gasteiger partial charge on any atom is -0.444 e. The summed E-state index contributed by atoms with van der Waals surface area (Å²) < 4.78 is 86.1. The van der Waals surface area contributed by atoms with Crippen molar-refractivity contribution in [3.05, 3.63) is 70.3 Å². The molecule has 0 radical (unpaired) electrons. The molecular weight excluding hydrogens is 628 g/mol. The standard InChI is InChI=1S/C34H41F6N3O4/c1-21-8-6-7-9-26(21)28-20-43(29(44)23-10-13-42(14-11-23)31(46)47-32(2,3)4)15-12-27(28)30(45)41(5)19-22-16-24(33(35,36)37)18-25(17-22)34(38,39)40/h6-9,16-18,23,27-28H,10-15,19-20H2,1-5H3/t27-,28+/m1/s1. The fourth-order valence-electron chi connectivity index (χ4n) is 6.40. The highest BCUT2D eigenvalue weighted by Crippen LogP contribution is 2.39. The van der Waals surface area contributed by atoms with Gasteiger partial charge in [0.15, 0.2) is 0 Å². The number of hydrogen-bond acceptors (Lipinski definition) is 4. The third-order valence-corrected chi connectivity index (χ3v) is 8.77. The number of carbonyl (C=O) groups excluding carboxylic acids is 3. The predicted molar refractivity (Wildman–Crippen MR) is 162 cm³/mol. The van der Waals surface area contributed by atoms with E-state index >= 15 is 0 Å². The molecule has 0 spiro atoms. The number of halogens is 6. The quantitative estimate of drug-likeness (QED) is 0.314. The Balaban J connectivity index is 1.51. The molecule has 2 saturated heterocycles. The van der Waals surface area contributed by atoms with E-state index in [9.17, 15) is 40.7 Å². The number of piperidine rings is 2. The number of rotatable bonds is 5. The van der Waals surface area contributed by atoms with Gasteiger partial charge in [0, 0.05) is 57.5 Å². The monoisotopic (exact) mass is 669 g/mol. The first-order valence-corrected chi connectivity index (χ1v) is 15.6. The summed E-state index contributed by atoms with van der Waals surface area (Å²) in [5.74, 6) is -1.92. The van der Waals surface area contributed by atoms with E-state index in [1.807, 2.05) is 31.2 Å². The van der Waals surface area contributed by atoms with Crippen molar-refractivity contribution in [2.75, 3.05) is 33.2 Å². The second kappa shape index (κ2) is 13.8. The highest BCUT2D eigenvalue weighted by Gasteiger charge is 2.41. The predicted octanol–water partition coefficient (Wildman–Crippen LogP) is 7.27. The molecule has 2 aromatic rings. The minimum atomic E-state index is -5.00. The molecule has 2 aliphatic heterocycles. The van der Waals surface area contributed by atoms with Gasteiger partial charge in [-0.05, 0) is 81.8 Å². The summed E-state index contributed by atoms with van der Waals surface area (Å²) in [6.07, 6.45) is -9.23. The fourth-order valence-corrected chi connectivity index (χ4v) is 6.40. The first-order chi connectivity index (χ1) is 21.7. The zero-order valence-electron chi connectivity index (χ0n) is 27.2. The van der Waals surface area contributed by atoms with Crippen LogP contribution in [-0.4, -0.2) is 71.4 Å². The van der Waals surface area contributed by atoms with Crippen LogP contribution in [0, 0.1) is 18.8 Å². The SMILES string of the molecule is Cc1ccccc1[C@@H]1CN(C(=O)C2CCN(C(=O)OC(C)(C)C)CC2)CC[C@H]1C(=O)N(C)Cc1cc(C(F)(F)F)cc(C(F)(F)F)c1. The molecule has 2 fully saturated rings. The van der Waals surface area contributed by atoms with Crippen molar-refractivity contribution in [2.24, 2.45) is 11.8 Å². The average molecular weight is 670 g/mol. The molecule has 4 rings (SSSR count). The highest BCUT2D eigenvalue weighted by atomic mass is 19.4. The molecule has 0 aliphatic carbocycles. The molecule has 2 aliphatic rings. The lowest BCUT2D eigenvalue weighted by molar-refractivity contribution is -0.144. The summed E-state index contributed by atoms with van der Waals surface area (Å²) >= 11 is 0. The number of nitrogens with zero attached hydrogens (tertiary/aromatic N) is 3. The van der Waals surface area contributed by atoms with Crippen LogP contribution in [-0.2, 0) is 33.2 Å². The molecule has 0 saturated carbocycles. The second-order valence-corrected chi connectivity index (χ2v) is 13.5. The molecule has 0 bridgehead atoms. The Morgan fingerprint density at radius 1 is 0.851 bits per heavy atom. The Labute approximate surface area is 270 Å². The van der Waals surface area contributed by atoms with E-state index in [0.29, 0.717) is 38.1 Å². The van der Waals surface area contributed by atoms with Crippen LogP contribution in [0.5, 0.6) is 0 Å². The van der Waals surface area contributed by atoms with Gasteiger partial charge in [0.1, 0.15) is 5.60 Å². The lowest BCUT2D eigenvalue weighted by atomic mass is 9.77. The zero-order chi connectivity index (χ0) is 34.9. The maximum absolute atomic E-state index is 13.9. The maximum atomic E-state index is 13.9. The van der Waals surface area contributed by atoms with E-state index in [4.69, 9.17) is 4.74 Å². The second-order valence-electron chi connectivity index (χ2n) is 13.5. The summed E-state index contributed by atoms with van der Waals surface area (Å²) in [5, 5.41) is 0. The summed E-state index contributed by atoms with van der Waals surface area (Å²) in [7, 11) is 1.36. The fraction of sp³-hybridized carbons (Fsp3) is 0.559. The largest absolute Gasteiger partial charge is 0.444 e. The molecule has 0 N–H and O–H groups in total. The van der Waals surface area contributed by atoms with Gasteiger partial charge >= 0.3 is 18.4 Å². The van der Waals surface area contributed by atoms with Crippen LogP contribution in [0.15, 0.2) is 42.5 Å². The first-order valence-electron chi connectivity index (χ1n) is 15.6. The number of carbonyl (C=O) groups is 3. The van der Waals surface area contributed by atoms with E-state index in [1.54, 1.807) is 30.6 Å². The van der Waals surface area contributed by atoms with Crippen LogP contribution in [0.2, 0.25) is 0 Å². The molecule has 47 heavy (non-hydrogen) atoms. The first kappa shape index (κ1) is 36.1. The van der Waals surface area contributed by atoms with Crippen molar-refractivity contribution in [2.45, 2.75) is 77.4 Å². The molecular formula is C34H41F6N3O4. The summed E-state index contributed by atoms with van der Waals surface area (Å²) in [4.78, 5) is 44.6. The minimum absolute atomic E-state index is 0.0631. The van der Waals surface area contributed by atoms with Crippen LogP contribution in [0.3, 0.4) is 0 Å². The third kappa shape index (κ3) is 8.98. The Kier molecular flexibility index (Phi) is 10.6. The Morgan fingerprint density at radius 3 is 1.94 bits per heavy atom. The number of benzene rings is 2. The van der Waals surface area contributed by atoms with Crippen molar-refractivity contribution in [1.82, 2.24) is 14.7 Å². The number of alkyl halides is 6. The maximum Gasteiger partial charge on any atom is 0.416 e. The van der Waals surface area contributed by atoms with Gasteiger partial charge in [-0.2, -0.15) is 26.3 Å².